The largest absolute Gasteiger partial charge is 0.418 e. The van der Waals surface area contributed by atoms with E-state index in [4.69, 9.17) is 4.42 Å². The zero-order valence-corrected chi connectivity index (χ0v) is 15.1. The van der Waals surface area contributed by atoms with E-state index in [-0.39, 0.29) is 37.0 Å². The van der Waals surface area contributed by atoms with Crippen molar-refractivity contribution in [2.45, 2.75) is 49.7 Å². The Labute approximate surface area is 158 Å². The van der Waals surface area contributed by atoms with Crippen molar-refractivity contribution in [3.63, 3.8) is 0 Å². The van der Waals surface area contributed by atoms with E-state index in [1.165, 1.54) is 0 Å². The molecule has 3 heterocycles. The molecule has 3 aliphatic carbocycles. The summed E-state index contributed by atoms with van der Waals surface area (Å²) in [5.74, 6) is 0.167. The maximum absolute atomic E-state index is 13.1. The number of nitrogens with zero attached hydrogens (tertiary/aromatic N) is 3. The third kappa shape index (κ3) is 2.23. The maximum atomic E-state index is 13.1. The number of halogens is 3. The summed E-state index contributed by atoms with van der Waals surface area (Å²) >= 11 is 0. The molecule has 1 atom stereocenters. The summed E-state index contributed by atoms with van der Waals surface area (Å²) in [6, 6.07) is 3.43. The molecule has 0 unspecified atom stereocenters. The Balaban J connectivity index is 1.40. The second-order valence-electron chi connectivity index (χ2n) is 8.36. The topological polar surface area (TPSA) is 92.9 Å². The smallest absolute Gasteiger partial charge is 0.394 e. The summed E-state index contributed by atoms with van der Waals surface area (Å²) in [6.07, 6.45) is -1.88. The molecule has 1 saturated heterocycles. The van der Waals surface area contributed by atoms with Crippen LogP contribution in [0.2, 0.25) is 0 Å². The third-order valence-corrected chi connectivity index (χ3v) is 6.35. The average molecular weight is 393 g/mol. The van der Waals surface area contributed by atoms with Gasteiger partial charge in [0.15, 0.2) is 5.69 Å². The Kier molecular flexibility index (Phi) is 3.26. The fourth-order valence-corrected chi connectivity index (χ4v) is 4.66. The van der Waals surface area contributed by atoms with Gasteiger partial charge in [0.2, 0.25) is 11.8 Å². The molecule has 4 aliphatic rings. The fraction of sp³-hybridized carbons (Fsp3) is 0.556. The lowest BCUT2D eigenvalue weighted by Crippen LogP contribution is -2.75. The van der Waals surface area contributed by atoms with Crippen LogP contribution in [-0.2, 0) is 10.2 Å². The van der Waals surface area contributed by atoms with Crippen LogP contribution >= 0.6 is 0 Å². The minimum atomic E-state index is -4.16. The summed E-state index contributed by atoms with van der Waals surface area (Å²) in [5.41, 5.74) is -2.07. The van der Waals surface area contributed by atoms with E-state index in [1.54, 1.807) is 25.3 Å². The molecule has 10 heteroatoms. The predicted octanol–water partition coefficient (Wildman–Crippen LogP) is 2.81. The van der Waals surface area contributed by atoms with Gasteiger partial charge in [-0.3, -0.25) is 4.79 Å². The van der Waals surface area contributed by atoms with Crippen LogP contribution in [0.5, 0.6) is 0 Å². The van der Waals surface area contributed by atoms with Gasteiger partial charge in [-0.15, -0.1) is 10.2 Å². The average Bonchev–Trinajstić information content (AvgIpc) is 3.17. The van der Waals surface area contributed by atoms with Crippen molar-refractivity contribution < 1.29 is 22.4 Å². The van der Waals surface area contributed by atoms with Gasteiger partial charge in [-0.2, -0.15) is 13.2 Å². The van der Waals surface area contributed by atoms with Crippen LogP contribution in [-0.4, -0.2) is 39.3 Å². The number of carbonyl (C=O) groups excluding carboxylic acids is 1. The van der Waals surface area contributed by atoms with Gasteiger partial charge in [-0.25, -0.2) is 4.98 Å². The lowest BCUT2D eigenvalue weighted by atomic mass is 9.39. The molecule has 0 spiro atoms. The first-order valence-electron chi connectivity index (χ1n) is 9.09. The van der Waals surface area contributed by atoms with Crippen molar-refractivity contribution in [3.8, 4) is 11.6 Å². The standard InChI is InChI=1S/C18H18F3N5O2/c1-15(4-6-23-13(15)27)14-26-25-12(28-14)11-10(3-2-5-22-11)24-17-7-16(8-17,9-17)18(19,20)21/h2-3,5,24H,4,6-9H2,1H3,(H,23,27)/t15-,16?,17?/m0/s1. The lowest BCUT2D eigenvalue weighted by Gasteiger charge is -2.70. The molecule has 2 N–H and O–H groups in total. The number of pyridine rings is 1. The van der Waals surface area contributed by atoms with E-state index in [9.17, 15) is 18.0 Å². The molecule has 4 fully saturated rings. The van der Waals surface area contributed by atoms with Crippen molar-refractivity contribution in [2.24, 2.45) is 5.41 Å². The maximum Gasteiger partial charge on any atom is 0.394 e. The second-order valence-corrected chi connectivity index (χ2v) is 8.36. The van der Waals surface area contributed by atoms with Crippen molar-refractivity contribution in [2.75, 3.05) is 11.9 Å². The molecule has 148 valence electrons. The Morgan fingerprint density at radius 3 is 2.64 bits per heavy atom. The number of alkyl halides is 3. The van der Waals surface area contributed by atoms with Crippen molar-refractivity contribution >= 4 is 11.6 Å². The Bertz CT molecular complexity index is 952. The highest BCUT2D eigenvalue weighted by molar-refractivity contribution is 5.88. The molecule has 2 aromatic heterocycles. The van der Waals surface area contributed by atoms with E-state index < -0.39 is 22.5 Å². The first-order chi connectivity index (χ1) is 13.2. The summed E-state index contributed by atoms with van der Waals surface area (Å²) < 4.78 is 45.0. The number of nitrogens with one attached hydrogen (secondary N) is 2. The van der Waals surface area contributed by atoms with Crippen LogP contribution in [0.4, 0.5) is 18.9 Å². The SMILES string of the molecule is C[C@]1(c2nnc(-c3ncccc3NC34CC(C(F)(F)F)(C3)C4)o2)CCNC1=O. The number of hydrogen-bond acceptors (Lipinski definition) is 6. The highest BCUT2D eigenvalue weighted by Crippen LogP contribution is 2.74. The van der Waals surface area contributed by atoms with Gasteiger partial charge in [-0.05, 0) is 44.7 Å². The van der Waals surface area contributed by atoms with Crippen LogP contribution in [0.1, 0.15) is 38.5 Å². The van der Waals surface area contributed by atoms with Crippen LogP contribution in [0, 0.1) is 5.41 Å². The summed E-state index contributed by atoms with van der Waals surface area (Å²) in [4.78, 5) is 16.4. The molecule has 0 radical (unpaired) electrons. The first-order valence-corrected chi connectivity index (χ1v) is 9.09. The highest BCUT2D eigenvalue weighted by Gasteiger charge is 2.78. The molecule has 3 saturated carbocycles. The van der Waals surface area contributed by atoms with Crippen molar-refractivity contribution in [3.05, 3.63) is 24.2 Å². The van der Waals surface area contributed by atoms with Gasteiger partial charge in [0.05, 0.1) is 11.1 Å². The highest BCUT2D eigenvalue weighted by atomic mass is 19.4. The Hall–Kier alpha value is -2.65. The minimum Gasteiger partial charge on any atom is -0.418 e. The van der Waals surface area contributed by atoms with Crippen LogP contribution < -0.4 is 10.6 Å². The van der Waals surface area contributed by atoms with Gasteiger partial charge < -0.3 is 15.1 Å². The van der Waals surface area contributed by atoms with Crippen molar-refractivity contribution in [1.29, 1.82) is 0 Å². The molecule has 28 heavy (non-hydrogen) atoms. The second kappa shape index (κ2) is 5.24. The quantitative estimate of drug-likeness (QED) is 0.830. The van der Waals surface area contributed by atoms with Gasteiger partial charge in [0.25, 0.3) is 5.89 Å². The summed E-state index contributed by atoms with van der Waals surface area (Å²) in [7, 11) is 0. The zero-order valence-electron chi connectivity index (χ0n) is 15.1. The van der Waals surface area contributed by atoms with Crippen LogP contribution in [0.15, 0.2) is 22.7 Å². The zero-order chi connectivity index (χ0) is 19.8. The number of hydrogen-bond donors (Lipinski definition) is 2. The molecule has 1 amide bonds. The minimum absolute atomic E-state index is 0.0607. The number of aromatic nitrogens is 3. The predicted molar refractivity (Wildman–Crippen MR) is 91.2 cm³/mol. The summed E-state index contributed by atoms with van der Waals surface area (Å²) in [5, 5.41) is 14.0. The monoisotopic (exact) mass is 393 g/mol. The number of carbonyl (C=O) groups is 1. The molecule has 7 nitrogen and oxygen atoms in total. The molecular formula is C18H18F3N5O2. The third-order valence-electron chi connectivity index (χ3n) is 6.35. The van der Waals surface area contributed by atoms with Crippen LogP contribution in [0.25, 0.3) is 11.6 Å². The Morgan fingerprint density at radius 1 is 1.25 bits per heavy atom. The fourth-order valence-electron chi connectivity index (χ4n) is 4.66. The van der Waals surface area contributed by atoms with Gasteiger partial charge in [0.1, 0.15) is 5.41 Å². The van der Waals surface area contributed by atoms with E-state index in [2.05, 4.69) is 25.8 Å². The summed E-state index contributed by atoms with van der Waals surface area (Å²) in [6.45, 7) is 2.27. The molecule has 2 bridgehead atoms. The lowest BCUT2D eigenvalue weighted by molar-refractivity contribution is -0.326. The molecule has 2 aromatic rings. The van der Waals surface area contributed by atoms with E-state index in [1.807, 2.05) is 0 Å². The van der Waals surface area contributed by atoms with Gasteiger partial charge in [0, 0.05) is 18.3 Å². The number of anilines is 1. The van der Waals surface area contributed by atoms with Crippen LogP contribution in [0.3, 0.4) is 0 Å². The van der Waals surface area contributed by atoms with Gasteiger partial charge >= 0.3 is 6.18 Å². The molecule has 6 rings (SSSR count). The van der Waals surface area contributed by atoms with E-state index in [0.717, 1.165) is 0 Å². The first kappa shape index (κ1) is 17.4. The van der Waals surface area contributed by atoms with E-state index in [0.29, 0.717) is 24.3 Å². The van der Waals surface area contributed by atoms with E-state index >= 15 is 0 Å². The number of amides is 1. The van der Waals surface area contributed by atoms with Gasteiger partial charge in [-0.1, -0.05) is 0 Å². The molecule has 1 aliphatic heterocycles. The molecule has 0 aromatic carbocycles. The Morgan fingerprint density at radius 2 is 2.00 bits per heavy atom. The normalized spacial score (nSPS) is 33.8. The van der Waals surface area contributed by atoms with Crippen molar-refractivity contribution in [1.82, 2.24) is 20.5 Å². The molecular weight excluding hydrogens is 375 g/mol. The number of rotatable bonds is 4.